The Morgan fingerprint density at radius 3 is 2.48 bits per heavy atom. The summed E-state index contributed by atoms with van der Waals surface area (Å²) in [6, 6.07) is 11.7. The molecule has 0 spiro atoms. The lowest BCUT2D eigenvalue weighted by Gasteiger charge is -2.12. The van der Waals surface area contributed by atoms with E-state index in [1.165, 1.54) is 12.1 Å². The minimum Gasteiger partial charge on any atom is -0.489 e. The highest BCUT2D eigenvalue weighted by molar-refractivity contribution is 6.30. The standard InChI is InChI=1S/C15H14ClF2NO2/c1-19-12-3-5-13(6-4-12)20-9-10-8-11(16)2-7-14(10)21-15(17)18/h2-8,15,19H,9H2,1H3. The summed E-state index contributed by atoms with van der Waals surface area (Å²) in [5.74, 6) is 0.679. The van der Waals surface area contributed by atoms with Crippen LogP contribution in [0.5, 0.6) is 11.5 Å². The lowest BCUT2D eigenvalue weighted by molar-refractivity contribution is -0.0508. The Bertz CT molecular complexity index is 591. The summed E-state index contributed by atoms with van der Waals surface area (Å²) in [5, 5.41) is 3.42. The second-order valence-electron chi connectivity index (χ2n) is 4.19. The summed E-state index contributed by atoms with van der Waals surface area (Å²) in [6.07, 6.45) is 0. The van der Waals surface area contributed by atoms with Crippen molar-refractivity contribution in [2.24, 2.45) is 0 Å². The van der Waals surface area contributed by atoms with Crippen molar-refractivity contribution in [1.82, 2.24) is 0 Å². The molecule has 2 rings (SSSR count). The summed E-state index contributed by atoms with van der Waals surface area (Å²) < 4.78 is 34.7. The van der Waals surface area contributed by atoms with Crippen molar-refractivity contribution in [3.05, 3.63) is 53.1 Å². The van der Waals surface area contributed by atoms with Gasteiger partial charge in [-0.1, -0.05) is 11.6 Å². The molecule has 0 aliphatic carbocycles. The third kappa shape index (κ3) is 4.49. The molecule has 0 aliphatic rings. The topological polar surface area (TPSA) is 30.5 Å². The van der Waals surface area contributed by atoms with Gasteiger partial charge >= 0.3 is 6.61 Å². The van der Waals surface area contributed by atoms with Gasteiger partial charge in [0, 0.05) is 23.3 Å². The van der Waals surface area contributed by atoms with Crippen LogP contribution in [0.3, 0.4) is 0 Å². The molecule has 0 aromatic heterocycles. The zero-order valence-corrected chi connectivity index (χ0v) is 12.0. The monoisotopic (exact) mass is 313 g/mol. The molecule has 2 aromatic rings. The van der Waals surface area contributed by atoms with Crippen LogP contribution in [-0.2, 0) is 6.61 Å². The molecule has 0 atom stereocenters. The third-order valence-corrected chi connectivity index (χ3v) is 3.01. The molecule has 0 bridgehead atoms. The zero-order chi connectivity index (χ0) is 15.2. The molecular formula is C15H14ClF2NO2. The van der Waals surface area contributed by atoms with Crippen molar-refractivity contribution in [2.75, 3.05) is 12.4 Å². The summed E-state index contributed by atoms with van der Waals surface area (Å²) in [5.41, 5.74) is 1.41. The van der Waals surface area contributed by atoms with Gasteiger partial charge in [-0.15, -0.1) is 0 Å². The van der Waals surface area contributed by atoms with Crippen molar-refractivity contribution in [3.8, 4) is 11.5 Å². The first kappa shape index (κ1) is 15.4. The highest BCUT2D eigenvalue weighted by Crippen LogP contribution is 2.26. The highest BCUT2D eigenvalue weighted by Gasteiger charge is 2.11. The molecule has 3 nitrogen and oxygen atoms in total. The lowest BCUT2D eigenvalue weighted by Crippen LogP contribution is -2.06. The van der Waals surface area contributed by atoms with Gasteiger partial charge < -0.3 is 14.8 Å². The molecule has 2 aromatic carbocycles. The number of rotatable bonds is 6. The van der Waals surface area contributed by atoms with E-state index >= 15 is 0 Å². The van der Waals surface area contributed by atoms with Crippen LogP contribution in [0, 0.1) is 0 Å². The van der Waals surface area contributed by atoms with E-state index in [0.29, 0.717) is 16.3 Å². The van der Waals surface area contributed by atoms with Crippen LogP contribution in [0.2, 0.25) is 5.02 Å². The maximum absolute atomic E-state index is 12.3. The predicted octanol–water partition coefficient (Wildman–Crippen LogP) is 4.56. The number of ether oxygens (including phenoxy) is 2. The number of nitrogens with one attached hydrogen (secondary N) is 1. The fraction of sp³-hybridized carbons (Fsp3) is 0.200. The molecule has 0 saturated carbocycles. The maximum atomic E-state index is 12.3. The SMILES string of the molecule is CNc1ccc(OCc2cc(Cl)ccc2OC(F)F)cc1. The Hall–Kier alpha value is -2.01. The Labute approximate surface area is 126 Å². The molecule has 0 radical (unpaired) electrons. The Balaban J connectivity index is 2.08. The molecule has 0 heterocycles. The van der Waals surface area contributed by atoms with Gasteiger partial charge in [-0.3, -0.25) is 0 Å². The zero-order valence-electron chi connectivity index (χ0n) is 11.3. The molecule has 112 valence electrons. The Morgan fingerprint density at radius 2 is 1.86 bits per heavy atom. The number of anilines is 1. The van der Waals surface area contributed by atoms with Crippen molar-refractivity contribution >= 4 is 17.3 Å². The van der Waals surface area contributed by atoms with Crippen molar-refractivity contribution < 1.29 is 18.3 Å². The van der Waals surface area contributed by atoms with E-state index in [1.807, 2.05) is 19.2 Å². The lowest BCUT2D eigenvalue weighted by atomic mass is 10.2. The average Bonchev–Trinajstić information content (AvgIpc) is 2.47. The first-order chi connectivity index (χ1) is 10.1. The molecule has 0 fully saturated rings. The number of alkyl halides is 2. The van der Waals surface area contributed by atoms with Gasteiger partial charge in [0.05, 0.1) is 0 Å². The fourth-order valence-electron chi connectivity index (χ4n) is 1.75. The molecule has 21 heavy (non-hydrogen) atoms. The van der Waals surface area contributed by atoms with Crippen LogP contribution in [0.25, 0.3) is 0 Å². The van der Waals surface area contributed by atoms with Gasteiger partial charge in [-0.25, -0.2) is 0 Å². The van der Waals surface area contributed by atoms with Crippen LogP contribution in [-0.4, -0.2) is 13.7 Å². The third-order valence-electron chi connectivity index (χ3n) is 2.78. The van der Waals surface area contributed by atoms with Crippen molar-refractivity contribution in [3.63, 3.8) is 0 Å². The van der Waals surface area contributed by atoms with E-state index in [1.54, 1.807) is 18.2 Å². The molecule has 0 saturated heterocycles. The first-order valence-corrected chi connectivity index (χ1v) is 6.60. The largest absolute Gasteiger partial charge is 0.489 e. The smallest absolute Gasteiger partial charge is 0.387 e. The van der Waals surface area contributed by atoms with Gasteiger partial charge in [0.15, 0.2) is 0 Å². The minimum absolute atomic E-state index is 0.0567. The van der Waals surface area contributed by atoms with Gasteiger partial charge in [-0.05, 0) is 42.5 Å². The average molecular weight is 314 g/mol. The van der Waals surface area contributed by atoms with E-state index in [9.17, 15) is 8.78 Å². The van der Waals surface area contributed by atoms with Crippen LogP contribution >= 0.6 is 11.6 Å². The number of hydrogen-bond donors (Lipinski definition) is 1. The van der Waals surface area contributed by atoms with E-state index in [-0.39, 0.29) is 12.4 Å². The second kappa shape index (κ2) is 7.13. The van der Waals surface area contributed by atoms with Crippen molar-refractivity contribution in [2.45, 2.75) is 13.2 Å². The van der Waals surface area contributed by atoms with Gasteiger partial charge in [0.25, 0.3) is 0 Å². The molecular weight excluding hydrogens is 300 g/mol. The molecule has 0 aliphatic heterocycles. The fourth-order valence-corrected chi connectivity index (χ4v) is 1.95. The van der Waals surface area contributed by atoms with Crippen LogP contribution in [0.1, 0.15) is 5.56 Å². The summed E-state index contributed by atoms with van der Waals surface area (Å²) in [4.78, 5) is 0. The molecule has 1 N–H and O–H groups in total. The Morgan fingerprint density at radius 1 is 1.14 bits per heavy atom. The van der Waals surface area contributed by atoms with Crippen LogP contribution < -0.4 is 14.8 Å². The van der Waals surface area contributed by atoms with E-state index in [4.69, 9.17) is 16.3 Å². The van der Waals surface area contributed by atoms with E-state index in [2.05, 4.69) is 10.1 Å². The van der Waals surface area contributed by atoms with Crippen molar-refractivity contribution in [1.29, 1.82) is 0 Å². The van der Waals surface area contributed by atoms with E-state index < -0.39 is 6.61 Å². The van der Waals surface area contributed by atoms with E-state index in [0.717, 1.165) is 5.69 Å². The first-order valence-electron chi connectivity index (χ1n) is 6.22. The Kier molecular flexibility index (Phi) is 5.22. The normalized spacial score (nSPS) is 10.5. The van der Waals surface area contributed by atoms with Crippen LogP contribution in [0.4, 0.5) is 14.5 Å². The number of halogens is 3. The molecule has 0 amide bonds. The summed E-state index contributed by atoms with van der Waals surface area (Å²) >= 11 is 5.87. The van der Waals surface area contributed by atoms with Gasteiger partial charge in [-0.2, -0.15) is 8.78 Å². The molecule has 6 heteroatoms. The predicted molar refractivity (Wildman–Crippen MR) is 78.4 cm³/mol. The van der Waals surface area contributed by atoms with Crippen LogP contribution in [0.15, 0.2) is 42.5 Å². The molecule has 0 unspecified atom stereocenters. The maximum Gasteiger partial charge on any atom is 0.387 e. The number of benzene rings is 2. The highest BCUT2D eigenvalue weighted by atomic mass is 35.5. The summed E-state index contributed by atoms with van der Waals surface area (Å²) in [7, 11) is 1.82. The van der Waals surface area contributed by atoms with Gasteiger partial charge in [0.2, 0.25) is 0 Å². The van der Waals surface area contributed by atoms with Gasteiger partial charge in [0.1, 0.15) is 18.1 Å². The second-order valence-corrected chi connectivity index (χ2v) is 4.63. The number of hydrogen-bond acceptors (Lipinski definition) is 3. The minimum atomic E-state index is -2.89. The summed E-state index contributed by atoms with van der Waals surface area (Å²) in [6.45, 7) is -2.80. The quantitative estimate of drug-likeness (QED) is 0.848.